The first kappa shape index (κ1) is 14.6. The van der Waals surface area contributed by atoms with Crippen LogP contribution < -0.4 is 11.2 Å². The Bertz CT molecular complexity index is 702. The number of hydrogen-bond donors (Lipinski definition) is 0. The molecule has 0 unspecified atom stereocenters. The van der Waals surface area contributed by atoms with E-state index in [1.165, 1.54) is 15.2 Å². The van der Waals surface area contributed by atoms with Crippen LogP contribution in [-0.4, -0.2) is 9.13 Å². The summed E-state index contributed by atoms with van der Waals surface area (Å²) in [7, 11) is 0. The molecule has 0 fully saturated rings. The Hall–Kier alpha value is -1.81. The summed E-state index contributed by atoms with van der Waals surface area (Å²) in [5.41, 5.74) is 0.254. The topological polar surface area (TPSA) is 44.0 Å². The summed E-state index contributed by atoms with van der Waals surface area (Å²) in [6.45, 7) is 4.67. The van der Waals surface area contributed by atoms with Crippen molar-refractivity contribution < 1.29 is 0 Å². The van der Waals surface area contributed by atoms with E-state index in [-0.39, 0.29) is 22.3 Å². The SMILES string of the molecule is CC(C)Cn1c(=O)cc(Cl)n(Cc2ccccc2)c1=O. The lowest BCUT2D eigenvalue weighted by Gasteiger charge is -2.13. The monoisotopic (exact) mass is 292 g/mol. The lowest BCUT2D eigenvalue weighted by Crippen LogP contribution is -2.40. The van der Waals surface area contributed by atoms with Crippen molar-refractivity contribution >= 4 is 11.6 Å². The Kier molecular flexibility index (Phi) is 4.45. The van der Waals surface area contributed by atoms with Crippen LogP contribution in [0.2, 0.25) is 5.15 Å². The number of hydrogen-bond acceptors (Lipinski definition) is 2. The zero-order valence-corrected chi connectivity index (χ0v) is 12.3. The standard InChI is InChI=1S/C15H17ClN2O2/c1-11(2)9-18-14(19)8-13(16)17(15(18)20)10-12-6-4-3-5-7-12/h3-8,11H,9-10H2,1-2H3. The molecule has 1 heterocycles. The molecule has 2 aromatic rings. The first-order valence-corrected chi connectivity index (χ1v) is 6.91. The van der Waals surface area contributed by atoms with E-state index in [9.17, 15) is 9.59 Å². The largest absolute Gasteiger partial charge is 0.332 e. The molecular formula is C15H17ClN2O2. The normalized spacial score (nSPS) is 11.0. The molecule has 5 heteroatoms. The van der Waals surface area contributed by atoms with Gasteiger partial charge in [-0.05, 0) is 11.5 Å². The summed E-state index contributed by atoms with van der Waals surface area (Å²) in [5, 5.41) is 0.170. The van der Waals surface area contributed by atoms with Crippen LogP contribution in [0.25, 0.3) is 0 Å². The molecule has 0 aliphatic rings. The molecule has 0 saturated heterocycles. The van der Waals surface area contributed by atoms with Crippen LogP contribution in [0, 0.1) is 5.92 Å². The summed E-state index contributed by atoms with van der Waals surface area (Å²) >= 11 is 6.04. The Morgan fingerprint density at radius 3 is 2.35 bits per heavy atom. The number of halogens is 1. The van der Waals surface area contributed by atoms with Crippen molar-refractivity contribution in [1.29, 1.82) is 0 Å². The van der Waals surface area contributed by atoms with Crippen LogP contribution in [0.3, 0.4) is 0 Å². The zero-order chi connectivity index (χ0) is 14.7. The van der Waals surface area contributed by atoms with Crippen LogP contribution in [0.1, 0.15) is 19.4 Å². The van der Waals surface area contributed by atoms with Crippen molar-refractivity contribution in [3.63, 3.8) is 0 Å². The molecule has 0 atom stereocenters. The second-order valence-electron chi connectivity index (χ2n) is 5.16. The van der Waals surface area contributed by atoms with E-state index < -0.39 is 0 Å². The molecule has 0 aliphatic carbocycles. The molecule has 2 rings (SSSR count). The molecule has 4 nitrogen and oxygen atoms in total. The van der Waals surface area contributed by atoms with Crippen LogP contribution in [0.15, 0.2) is 46.0 Å². The quantitative estimate of drug-likeness (QED) is 0.812. The molecule has 0 aliphatic heterocycles. The molecule has 0 amide bonds. The van der Waals surface area contributed by atoms with Gasteiger partial charge in [0, 0.05) is 12.6 Å². The third kappa shape index (κ3) is 3.20. The summed E-state index contributed by atoms with van der Waals surface area (Å²) in [6, 6.07) is 10.8. The van der Waals surface area contributed by atoms with Gasteiger partial charge in [-0.1, -0.05) is 55.8 Å². The van der Waals surface area contributed by atoms with Crippen molar-refractivity contribution in [1.82, 2.24) is 9.13 Å². The molecule has 1 aromatic carbocycles. The molecule has 0 spiro atoms. The molecule has 1 aromatic heterocycles. The van der Waals surface area contributed by atoms with Gasteiger partial charge in [-0.3, -0.25) is 13.9 Å². The van der Waals surface area contributed by atoms with E-state index >= 15 is 0 Å². The van der Waals surface area contributed by atoms with Gasteiger partial charge in [0.2, 0.25) is 0 Å². The summed E-state index contributed by atoms with van der Waals surface area (Å²) in [6.07, 6.45) is 0. The molecule has 0 saturated carbocycles. The smallest absolute Gasteiger partial charge is 0.279 e. The minimum Gasteiger partial charge on any atom is -0.279 e. The highest BCUT2D eigenvalue weighted by atomic mass is 35.5. The predicted octanol–water partition coefficient (Wildman–Crippen LogP) is 2.37. The second kappa shape index (κ2) is 6.09. The summed E-state index contributed by atoms with van der Waals surface area (Å²) < 4.78 is 2.65. The van der Waals surface area contributed by atoms with Gasteiger partial charge in [-0.15, -0.1) is 0 Å². The van der Waals surface area contributed by atoms with Crippen molar-refractivity contribution in [3.05, 3.63) is 68.0 Å². The van der Waals surface area contributed by atoms with Gasteiger partial charge in [-0.2, -0.15) is 0 Å². The van der Waals surface area contributed by atoms with Gasteiger partial charge in [0.05, 0.1) is 6.54 Å². The lowest BCUT2D eigenvalue weighted by atomic mass is 10.2. The fourth-order valence-electron chi connectivity index (χ4n) is 2.03. The molecule has 106 valence electrons. The van der Waals surface area contributed by atoms with Gasteiger partial charge in [0.25, 0.3) is 5.56 Å². The number of nitrogens with zero attached hydrogens (tertiary/aromatic N) is 2. The van der Waals surface area contributed by atoms with E-state index in [1.54, 1.807) is 0 Å². The van der Waals surface area contributed by atoms with Gasteiger partial charge < -0.3 is 0 Å². The molecule has 0 N–H and O–H groups in total. The first-order valence-electron chi connectivity index (χ1n) is 6.53. The molecular weight excluding hydrogens is 276 g/mol. The van der Waals surface area contributed by atoms with Gasteiger partial charge in [0.1, 0.15) is 5.15 Å². The highest BCUT2D eigenvalue weighted by molar-refractivity contribution is 6.29. The predicted molar refractivity (Wildman–Crippen MR) is 80.4 cm³/mol. The molecule has 0 bridgehead atoms. The number of benzene rings is 1. The number of aromatic nitrogens is 2. The first-order chi connectivity index (χ1) is 9.49. The Labute approximate surface area is 122 Å². The second-order valence-corrected chi connectivity index (χ2v) is 5.55. The number of rotatable bonds is 4. The van der Waals surface area contributed by atoms with Gasteiger partial charge in [0.15, 0.2) is 0 Å². The van der Waals surface area contributed by atoms with Crippen molar-refractivity contribution in [3.8, 4) is 0 Å². The Balaban J connectivity index is 2.48. The molecule has 0 radical (unpaired) electrons. The van der Waals surface area contributed by atoms with Crippen LogP contribution in [0.4, 0.5) is 0 Å². The Morgan fingerprint density at radius 2 is 1.75 bits per heavy atom. The highest BCUT2D eigenvalue weighted by Gasteiger charge is 2.11. The lowest BCUT2D eigenvalue weighted by molar-refractivity contribution is 0.474. The van der Waals surface area contributed by atoms with E-state index in [0.29, 0.717) is 13.1 Å². The van der Waals surface area contributed by atoms with E-state index in [4.69, 9.17) is 11.6 Å². The third-order valence-corrected chi connectivity index (χ3v) is 3.27. The van der Waals surface area contributed by atoms with Gasteiger partial charge >= 0.3 is 5.69 Å². The van der Waals surface area contributed by atoms with Crippen molar-refractivity contribution in [2.24, 2.45) is 5.92 Å². The minimum absolute atomic E-state index is 0.170. The average Bonchev–Trinajstić information content (AvgIpc) is 2.40. The van der Waals surface area contributed by atoms with Crippen molar-refractivity contribution in [2.75, 3.05) is 0 Å². The van der Waals surface area contributed by atoms with Gasteiger partial charge in [-0.25, -0.2) is 4.79 Å². The maximum atomic E-state index is 12.4. The van der Waals surface area contributed by atoms with Crippen LogP contribution in [0.5, 0.6) is 0 Å². The summed E-state index contributed by atoms with van der Waals surface area (Å²) in [5.74, 6) is 0.215. The maximum Gasteiger partial charge on any atom is 0.332 e. The highest BCUT2D eigenvalue weighted by Crippen LogP contribution is 2.07. The Morgan fingerprint density at radius 1 is 1.10 bits per heavy atom. The zero-order valence-electron chi connectivity index (χ0n) is 11.5. The molecule has 20 heavy (non-hydrogen) atoms. The van der Waals surface area contributed by atoms with Crippen LogP contribution in [-0.2, 0) is 13.1 Å². The fraction of sp³-hybridized carbons (Fsp3) is 0.333. The van der Waals surface area contributed by atoms with Crippen LogP contribution >= 0.6 is 11.6 Å². The third-order valence-electron chi connectivity index (χ3n) is 2.96. The van der Waals surface area contributed by atoms with E-state index in [0.717, 1.165) is 5.56 Å². The van der Waals surface area contributed by atoms with E-state index in [1.807, 2.05) is 44.2 Å². The van der Waals surface area contributed by atoms with E-state index in [2.05, 4.69) is 0 Å². The average molecular weight is 293 g/mol. The van der Waals surface area contributed by atoms with Crippen molar-refractivity contribution in [2.45, 2.75) is 26.9 Å². The fourth-order valence-corrected chi connectivity index (χ4v) is 2.26. The maximum absolute atomic E-state index is 12.4. The minimum atomic E-state index is -0.361. The summed E-state index contributed by atoms with van der Waals surface area (Å²) in [4.78, 5) is 24.3.